The van der Waals surface area contributed by atoms with Crippen LogP contribution in [-0.4, -0.2) is 113 Å². The Kier molecular flexibility index (Phi) is 27.0. The van der Waals surface area contributed by atoms with E-state index in [1.165, 1.54) is 19.6 Å². The van der Waals surface area contributed by atoms with Crippen molar-refractivity contribution in [3.05, 3.63) is 0 Å². The number of hydrogen-bond donors (Lipinski definition) is 1. The van der Waals surface area contributed by atoms with Crippen LogP contribution in [0, 0.1) is 0 Å². The first kappa shape index (κ1) is 28.1. The van der Waals surface area contributed by atoms with Crippen molar-refractivity contribution in [1.29, 1.82) is 0 Å². The SMILES string of the molecule is CN(C)C(=O)CO.CN(C)C=O.CN(C)C=O.CN(C)C=O. The molecular weight excluding hydrogens is 292 g/mol. The van der Waals surface area contributed by atoms with E-state index in [2.05, 4.69) is 0 Å². The molecular formula is C13H30N4O5. The van der Waals surface area contributed by atoms with Gasteiger partial charge in [0.15, 0.2) is 0 Å². The third kappa shape index (κ3) is 52.3. The fraction of sp³-hybridized carbons (Fsp3) is 0.692. The van der Waals surface area contributed by atoms with Crippen LogP contribution in [0.5, 0.6) is 0 Å². The van der Waals surface area contributed by atoms with E-state index in [1.54, 1.807) is 56.4 Å². The highest BCUT2D eigenvalue weighted by Gasteiger charge is 1.96. The lowest BCUT2D eigenvalue weighted by molar-refractivity contribution is -0.131. The summed E-state index contributed by atoms with van der Waals surface area (Å²) in [5.41, 5.74) is 0. The van der Waals surface area contributed by atoms with Crippen molar-refractivity contribution in [2.24, 2.45) is 0 Å². The molecule has 22 heavy (non-hydrogen) atoms. The number of rotatable bonds is 4. The summed E-state index contributed by atoms with van der Waals surface area (Å²) in [7, 11) is 13.3. The minimum atomic E-state index is -0.396. The summed E-state index contributed by atoms with van der Waals surface area (Å²) in [6.45, 7) is -0.396. The maximum Gasteiger partial charge on any atom is 0.247 e. The Balaban J connectivity index is -0.0000000995. The summed E-state index contributed by atoms with van der Waals surface area (Å²) in [4.78, 5) is 44.1. The quantitative estimate of drug-likeness (QED) is 0.614. The van der Waals surface area contributed by atoms with Gasteiger partial charge in [-0.3, -0.25) is 19.2 Å². The second-order valence-electron chi connectivity index (χ2n) is 4.65. The van der Waals surface area contributed by atoms with Gasteiger partial charge in [0.05, 0.1) is 0 Å². The van der Waals surface area contributed by atoms with Crippen molar-refractivity contribution < 1.29 is 24.3 Å². The first-order valence-corrected chi connectivity index (χ1v) is 6.16. The summed E-state index contributed by atoms with van der Waals surface area (Å²) >= 11 is 0. The summed E-state index contributed by atoms with van der Waals surface area (Å²) in [5, 5.41) is 8.11. The topological polar surface area (TPSA) is 101 Å². The number of aliphatic hydroxyl groups is 1. The van der Waals surface area contributed by atoms with E-state index >= 15 is 0 Å². The molecule has 1 N–H and O–H groups in total. The molecule has 0 atom stereocenters. The van der Waals surface area contributed by atoms with Crippen LogP contribution in [0.1, 0.15) is 0 Å². The van der Waals surface area contributed by atoms with Gasteiger partial charge in [-0.15, -0.1) is 0 Å². The van der Waals surface area contributed by atoms with E-state index < -0.39 is 6.61 Å². The second-order valence-corrected chi connectivity index (χ2v) is 4.65. The second kappa shape index (κ2) is 21.1. The minimum absolute atomic E-state index is 0.264. The molecule has 0 fully saturated rings. The lowest BCUT2D eigenvalue weighted by Crippen LogP contribution is -2.24. The highest BCUT2D eigenvalue weighted by Crippen LogP contribution is 1.71. The Labute approximate surface area is 133 Å². The molecule has 0 aromatic heterocycles. The average molecular weight is 322 g/mol. The van der Waals surface area contributed by atoms with Crippen molar-refractivity contribution in [3.63, 3.8) is 0 Å². The number of nitrogens with zero attached hydrogens (tertiary/aromatic N) is 4. The van der Waals surface area contributed by atoms with E-state index in [9.17, 15) is 19.2 Å². The van der Waals surface area contributed by atoms with Crippen molar-refractivity contribution in [3.8, 4) is 0 Å². The van der Waals surface area contributed by atoms with Gasteiger partial charge in [0.2, 0.25) is 25.1 Å². The molecule has 0 bridgehead atoms. The maximum absolute atomic E-state index is 10.2. The number of aliphatic hydroxyl groups excluding tert-OH is 1. The van der Waals surface area contributed by atoms with Crippen molar-refractivity contribution in [1.82, 2.24) is 19.6 Å². The number of carbonyl (C=O) groups is 4. The zero-order valence-corrected chi connectivity index (χ0v) is 14.8. The van der Waals surface area contributed by atoms with Crippen LogP contribution in [0.3, 0.4) is 0 Å². The standard InChI is InChI=1S/C4H9NO2.3C3H7NO/c1-5(2)4(7)3-6;3*1-4(2)3-5/h6H,3H2,1-2H3;3*3H,1-2H3. The maximum atomic E-state index is 10.2. The molecule has 0 saturated carbocycles. The van der Waals surface area contributed by atoms with Crippen LogP contribution >= 0.6 is 0 Å². The van der Waals surface area contributed by atoms with Gasteiger partial charge in [-0.2, -0.15) is 0 Å². The van der Waals surface area contributed by atoms with Gasteiger partial charge in [0.1, 0.15) is 6.61 Å². The van der Waals surface area contributed by atoms with Gasteiger partial charge >= 0.3 is 0 Å². The molecule has 0 unspecified atom stereocenters. The Bertz CT molecular complexity index is 253. The molecule has 0 aromatic carbocycles. The van der Waals surface area contributed by atoms with E-state index in [0.29, 0.717) is 0 Å². The molecule has 0 aliphatic rings. The number of likely N-dealkylation sites (N-methyl/N-ethyl adjacent to an activating group) is 1. The van der Waals surface area contributed by atoms with E-state index in [-0.39, 0.29) is 5.91 Å². The van der Waals surface area contributed by atoms with E-state index in [4.69, 9.17) is 5.11 Å². The van der Waals surface area contributed by atoms with Crippen LogP contribution in [0.2, 0.25) is 0 Å². The van der Waals surface area contributed by atoms with Gasteiger partial charge < -0.3 is 24.7 Å². The molecule has 0 aromatic rings. The predicted molar refractivity (Wildman–Crippen MR) is 85.0 cm³/mol. The molecule has 4 amide bonds. The van der Waals surface area contributed by atoms with Crippen LogP contribution < -0.4 is 0 Å². The molecule has 132 valence electrons. The molecule has 0 radical (unpaired) electrons. The molecule has 0 heterocycles. The molecule has 0 saturated heterocycles. The average Bonchev–Trinajstić information content (AvgIpc) is 2.47. The van der Waals surface area contributed by atoms with Crippen molar-refractivity contribution in [2.45, 2.75) is 0 Å². The number of amides is 4. The largest absolute Gasteiger partial charge is 0.387 e. The number of carbonyl (C=O) groups excluding carboxylic acids is 4. The first-order valence-electron chi connectivity index (χ1n) is 6.16. The van der Waals surface area contributed by atoms with Gasteiger partial charge in [0, 0.05) is 56.4 Å². The molecule has 0 rings (SSSR count). The van der Waals surface area contributed by atoms with Gasteiger partial charge in [-0.05, 0) is 0 Å². The fourth-order valence-corrected chi connectivity index (χ4v) is 0.141. The van der Waals surface area contributed by atoms with Gasteiger partial charge in [-0.1, -0.05) is 0 Å². The molecule has 9 heteroatoms. The fourth-order valence-electron chi connectivity index (χ4n) is 0.141. The van der Waals surface area contributed by atoms with E-state index in [1.807, 2.05) is 0 Å². The number of hydrogen-bond acceptors (Lipinski definition) is 5. The lowest BCUT2D eigenvalue weighted by atomic mass is 10.6. The summed E-state index contributed by atoms with van der Waals surface area (Å²) in [6.07, 6.45) is 2.25. The molecule has 9 nitrogen and oxygen atoms in total. The Morgan fingerprint density at radius 3 is 0.909 bits per heavy atom. The van der Waals surface area contributed by atoms with Gasteiger partial charge in [0.25, 0.3) is 0 Å². The van der Waals surface area contributed by atoms with Crippen LogP contribution in [0.4, 0.5) is 0 Å². The van der Waals surface area contributed by atoms with Crippen LogP contribution in [0.15, 0.2) is 0 Å². The Morgan fingerprint density at radius 1 is 0.727 bits per heavy atom. The summed E-state index contributed by atoms with van der Waals surface area (Å²) in [5.74, 6) is -0.264. The van der Waals surface area contributed by atoms with Crippen LogP contribution in [-0.2, 0) is 19.2 Å². The van der Waals surface area contributed by atoms with E-state index in [0.717, 1.165) is 19.2 Å². The lowest BCUT2D eigenvalue weighted by Gasteiger charge is -2.05. The van der Waals surface area contributed by atoms with Crippen molar-refractivity contribution >= 4 is 25.1 Å². The summed E-state index contributed by atoms with van der Waals surface area (Å²) in [6, 6.07) is 0. The smallest absolute Gasteiger partial charge is 0.247 e. The molecule has 0 aliphatic carbocycles. The first-order chi connectivity index (χ1) is 9.99. The summed E-state index contributed by atoms with van der Waals surface area (Å²) < 4.78 is 0. The van der Waals surface area contributed by atoms with Crippen molar-refractivity contribution in [2.75, 3.05) is 63.0 Å². The zero-order valence-electron chi connectivity index (χ0n) is 14.8. The van der Waals surface area contributed by atoms with Crippen LogP contribution in [0.25, 0.3) is 0 Å². The minimum Gasteiger partial charge on any atom is -0.387 e. The van der Waals surface area contributed by atoms with Gasteiger partial charge in [-0.25, -0.2) is 0 Å². The predicted octanol–water partition coefficient (Wildman–Crippen LogP) is -1.82. The normalized spacial score (nSPS) is 7.32. The third-order valence-corrected chi connectivity index (χ3v) is 1.27. The molecule has 0 aliphatic heterocycles. The molecule has 0 spiro atoms. The Hall–Kier alpha value is -2.16. The Morgan fingerprint density at radius 2 is 0.909 bits per heavy atom. The monoisotopic (exact) mass is 322 g/mol. The third-order valence-electron chi connectivity index (χ3n) is 1.27. The highest BCUT2D eigenvalue weighted by atomic mass is 16.3. The zero-order chi connectivity index (χ0) is 18.7. The highest BCUT2D eigenvalue weighted by molar-refractivity contribution is 5.76.